The molecule has 0 unspecified atom stereocenters. The van der Waals surface area contributed by atoms with E-state index in [0.29, 0.717) is 43.0 Å². The zero-order chi connectivity index (χ0) is 26.7. The van der Waals surface area contributed by atoms with Gasteiger partial charge in [-0.15, -0.1) is 11.8 Å². The van der Waals surface area contributed by atoms with Crippen molar-refractivity contribution in [2.24, 2.45) is 23.7 Å². The van der Waals surface area contributed by atoms with Crippen LogP contribution in [0.5, 0.6) is 0 Å². The maximum Gasteiger partial charge on any atom is 0.339 e. The van der Waals surface area contributed by atoms with Crippen molar-refractivity contribution in [2.45, 2.75) is 68.7 Å². The van der Waals surface area contributed by atoms with Crippen molar-refractivity contribution in [3.05, 3.63) is 29.8 Å². The van der Waals surface area contributed by atoms with E-state index in [1.807, 2.05) is 6.07 Å². The maximum atomic E-state index is 12.9. The molecule has 4 bridgehead atoms. The van der Waals surface area contributed by atoms with Crippen LogP contribution in [0.2, 0.25) is 0 Å². The first-order chi connectivity index (χ1) is 18.3. The lowest BCUT2D eigenvalue weighted by atomic mass is 9.53. The molecule has 5 aliphatic rings. The highest BCUT2D eigenvalue weighted by atomic mass is 32.2. The first kappa shape index (κ1) is 27.0. The summed E-state index contributed by atoms with van der Waals surface area (Å²) in [5, 5.41) is 3.38. The number of amides is 2. The molecule has 0 atom stereocenters. The van der Waals surface area contributed by atoms with E-state index in [9.17, 15) is 19.2 Å². The summed E-state index contributed by atoms with van der Waals surface area (Å²) in [6.45, 7) is 2.64. The first-order valence-electron chi connectivity index (χ1n) is 14.0. The number of carbonyl (C=O) groups is 4. The lowest BCUT2D eigenvalue weighted by Gasteiger charge is -2.56. The number of thioether (sulfide) groups is 1. The van der Waals surface area contributed by atoms with Crippen LogP contribution in [0.25, 0.3) is 0 Å². The molecule has 1 aromatic carbocycles. The molecule has 0 radical (unpaired) electrons. The predicted molar refractivity (Wildman–Crippen MR) is 142 cm³/mol. The van der Waals surface area contributed by atoms with Gasteiger partial charge in [-0.25, -0.2) is 4.79 Å². The van der Waals surface area contributed by atoms with Crippen molar-refractivity contribution in [1.82, 2.24) is 10.2 Å². The number of hydrogen-bond donors (Lipinski definition) is 1. The third-order valence-corrected chi connectivity index (χ3v) is 9.78. The van der Waals surface area contributed by atoms with Crippen LogP contribution in [0, 0.1) is 23.7 Å². The van der Waals surface area contributed by atoms with Crippen molar-refractivity contribution in [3.8, 4) is 0 Å². The average Bonchev–Trinajstić information content (AvgIpc) is 2.89. The molecule has 4 saturated carbocycles. The second kappa shape index (κ2) is 11.7. The van der Waals surface area contributed by atoms with E-state index in [1.54, 1.807) is 30.0 Å². The fraction of sp³-hybridized carbons (Fsp3) is 0.655. The minimum Gasteiger partial charge on any atom is -0.466 e. The van der Waals surface area contributed by atoms with Crippen LogP contribution in [0.15, 0.2) is 29.2 Å². The van der Waals surface area contributed by atoms with Gasteiger partial charge in [-0.2, -0.15) is 0 Å². The summed E-state index contributed by atoms with van der Waals surface area (Å²) in [5.41, 5.74) is 0.324. The Morgan fingerprint density at radius 3 is 2.24 bits per heavy atom. The van der Waals surface area contributed by atoms with Crippen LogP contribution in [-0.2, 0) is 23.9 Å². The standard InChI is InChI=1S/C29H38N2O6S/c1-2-36-27(34)22-7-9-31(10-8-22)26(33)17-37-28(35)23-5-3-4-6-24(23)38-18-25(32)30-29-14-19-11-20(15-29)13-21(12-19)16-29/h3-6,19-22H,2,7-18H2,1H3,(H,30,32). The summed E-state index contributed by atoms with van der Waals surface area (Å²) in [6.07, 6.45) is 8.38. The molecule has 5 fully saturated rings. The van der Waals surface area contributed by atoms with E-state index in [2.05, 4.69) is 5.32 Å². The largest absolute Gasteiger partial charge is 0.466 e. The Kier molecular flexibility index (Phi) is 8.31. The fourth-order valence-electron chi connectivity index (χ4n) is 7.42. The summed E-state index contributed by atoms with van der Waals surface area (Å²) in [4.78, 5) is 52.6. The number of nitrogens with one attached hydrogen (secondary N) is 1. The van der Waals surface area contributed by atoms with Crippen LogP contribution >= 0.6 is 11.8 Å². The van der Waals surface area contributed by atoms with Crippen molar-refractivity contribution in [1.29, 1.82) is 0 Å². The topological polar surface area (TPSA) is 102 Å². The Hall–Kier alpha value is -2.55. The predicted octanol–water partition coefficient (Wildman–Crippen LogP) is 3.82. The van der Waals surface area contributed by atoms with E-state index < -0.39 is 5.97 Å². The lowest BCUT2D eigenvalue weighted by Crippen LogP contribution is -2.60. The van der Waals surface area contributed by atoms with Crippen LogP contribution in [0.3, 0.4) is 0 Å². The Morgan fingerprint density at radius 1 is 0.974 bits per heavy atom. The normalized spacial score (nSPS) is 28.1. The number of piperidine rings is 1. The maximum absolute atomic E-state index is 12.9. The van der Waals surface area contributed by atoms with E-state index in [4.69, 9.17) is 9.47 Å². The molecule has 1 saturated heterocycles. The summed E-state index contributed by atoms with van der Waals surface area (Å²) in [6, 6.07) is 7.05. The van der Waals surface area contributed by atoms with Crippen LogP contribution in [0.4, 0.5) is 0 Å². The number of hydrogen-bond acceptors (Lipinski definition) is 7. The van der Waals surface area contributed by atoms with Gasteiger partial charge < -0.3 is 19.7 Å². The monoisotopic (exact) mass is 542 g/mol. The van der Waals surface area contributed by atoms with Gasteiger partial charge in [0.2, 0.25) is 5.91 Å². The first-order valence-corrected chi connectivity index (χ1v) is 15.0. The molecule has 1 aliphatic heterocycles. The number of ether oxygens (including phenoxy) is 2. The highest BCUT2D eigenvalue weighted by Gasteiger charge is 2.51. The lowest BCUT2D eigenvalue weighted by molar-refractivity contribution is -0.151. The molecule has 1 heterocycles. The van der Waals surface area contributed by atoms with Gasteiger partial charge in [-0.05, 0) is 88.2 Å². The number of nitrogens with zero attached hydrogens (tertiary/aromatic N) is 1. The van der Waals surface area contributed by atoms with Gasteiger partial charge in [0.15, 0.2) is 6.61 Å². The zero-order valence-corrected chi connectivity index (χ0v) is 22.9. The molecular weight excluding hydrogens is 504 g/mol. The highest BCUT2D eigenvalue weighted by molar-refractivity contribution is 8.00. The van der Waals surface area contributed by atoms with Gasteiger partial charge in [0.25, 0.3) is 5.91 Å². The van der Waals surface area contributed by atoms with Gasteiger partial charge in [0, 0.05) is 23.5 Å². The van der Waals surface area contributed by atoms with Crippen LogP contribution in [-0.4, -0.2) is 66.2 Å². The molecule has 4 aliphatic carbocycles. The minimum atomic E-state index is -0.579. The molecular formula is C29H38N2O6S. The molecule has 9 heteroatoms. The molecule has 1 N–H and O–H groups in total. The second-order valence-corrected chi connectivity index (χ2v) is 12.5. The molecule has 206 valence electrons. The Balaban J connectivity index is 1.09. The molecule has 2 amide bonds. The molecule has 0 spiro atoms. The number of carbonyl (C=O) groups excluding carboxylic acids is 4. The molecule has 6 rings (SSSR count). The summed E-state index contributed by atoms with van der Waals surface area (Å²) in [7, 11) is 0. The smallest absolute Gasteiger partial charge is 0.339 e. The molecule has 8 nitrogen and oxygen atoms in total. The quantitative estimate of drug-likeness (QED) is 0.374. The highest BCUT2D eigenvalue weighted by Crippen LogP contribution is 2.55. The van der Waals surface area contributed by atoms with E-state index in [1.165, 1.54) is 31.0 Å². The molecule has 1 aromatic rings. The third-order valence-electron chi connectivity index (χ3n) is 8.70. The average molecular weight is 543 g/mol. The van der Waals surface area contributed by atoms with Gasteiger partial charge in [0.1, 0.15) is 0 Å². The molecule has 38 heavy (non-hydrogen) atoms. The van der Waals surface area contributed by atoms with E-state index in [0.717, 1.165) is 37.0 Å². The SMILES string of the molecule is CCOC(=O)C1CCN(C(=O)COC(=O)c2ccccc2SCC(=O)NC23CC4CC(CC(C4)C2)C3)CC1. The Labute approximate surface area is 228 Å². The van der Waals surface area contributed by atoms with Crippen LogP contribution in [0.1, 0.15) is 68.6 Å². The Morgan fingerprint density at radius 2 is 1.61 bits per heavy atom. The number of benzene rings is 1. The van der Waals surface area contributed by atoms with Crippen molar-refractivity contribution >= 4 is 35.5 Å². The van der Waals surface area contributed by atoms with Gasteiger partial charge in [-0.1, -0.05) is 12.1 Å². The number of esters is 2. The fourth-order valence-corrected chi connectivity index (χ4v) is 8.26. The van der Waals surface area contributed by atoms with Crippen molar-refractivity contribution in [3.63, 3.8) is 0 Å². The minimum absolute atomic E-state index is 0.0153. The van der Waals surface area contributed by atoms with E-state index >= 15 is 0 Å². The van der Waals surface area contributed by atoms with Crippen molar-refractivity contribution < 1.29 is 28.7 Å². The number of likely N-dealkylation sites (tertiary alicyclic amines) is 1. The van der Waals surface area contributed by atoms with Gasteiger partial charge in [-0.3, -0.25) is 14.4 Å². The van der Waals surface area contributed by atoms with Gasteiger partial charge >= 0.3 is 11.9 Å². The summed E-state index contributed by atoms with van der Waals surface area (Å²) >= 11 is 1.33. The third kappa shape index (κ3) is 6.19. The van der Waals surface area contributed by atoms with Gasteiger partial charge in [0.05, 0.1) is 23.8 Å². The summed E-state index contributed by atoms with van der Waals surface area (Å²) in [5.74, 6) is 1.27. The van der Waals surface area contributed by atoms with Crippen molar-refractivity contribution in [2.75, 3.05) is 32.1 Å². The van der Waals surface area contributed by atoms with E-state index in [-0.39, 0.29) is 41.6 Å². The summed E-state index contributed by atoms with van der Waals surface area (Å²) < 4.78 is 10.4. The zero-order valence-electron chi connectivity index (χ0n) is 22.1. The Bertz CT molecular complexity index is 1030. The second-order valence-electron chi connectivity index (χ2n) is 11.5. The number of rotatable bonds is 9. The molecule has 0 aromatic heterocycles. The van der Waals surface area contributed by atoms with Crippen LogP contribution < -0.4 is 5.32 Å².